The first-order valence-electron chi connectivity index (χ1n) is 4.12. The third-order valence-corrected chi connectivity index (χ3v) is 2.11. The van der Waals surface area contributed by atoms with Gasteiger partial charge in [-0.25, -0.2) is 0 Å². The maximum absolute atomic E-state index is 8.96. The van der Waals surface area contributed by atoms with Crippen LogP contribution in [0.3, 0.4) is 0 Å². The number of nitrogen functional groups attached to an aromatic ring is 1. The largest absolute Gasteiger partial charge is 0.399 e. The lowest BCUT2D eigenvalue weighted by Crippen LogP contribution is -2.02. The second-order valence-electron chi connectivity index (χ2n) is 3.20. The molecule has 1 aromatic carbocycles. The summed E-state index contributed by atoms with van der Waals surface area (Å²) in [6, 6.07) is 5.79. The summed E-state index contributed by atoms with van der Waals surface area (Å²) in [5.41, 5.74) is 8.72. The average molecular weight is 165 g/mol. The van der Waals surface area contributed by atoms with Gasteiger partial charge in [0.1, 0.15) is 0 Å². The first kappa shape index (κ1) is 9.07. The van der Waals surface area contributed by atoms with Crippen LogP contribution in [0.4, 0.5) is 5.69 Å². The molecule has 0 saturated heterocycles. The van der Waals surface area contributed by atoms with Crippen LogP contribution >= 0.6 is 0 Å². The number of hydrogen-bond acceptors (Lipinski definition) is 2. The zero-order chi connectivity index (χ0) is 9.14. The predicted octanol–water partition coefficient (Wildman–Crippen LogP) is 1.67. The molecule has 66 valence electrons. The van der Waals surface area contributed by atoms with Crippen molar-refractivity contribution in [2.75, 3.05) is 12.3 Å². The fraction of sp³-hybridized carbons (Fsp3) is 0.400. The Morgan fingerprint density at radius 1 is 1.50 bits per heavy atom. The average Bonchev–Trinajstić information content (AvgIpc) is 2.08. The lowest BCUT2D eigenvalue weighted by molar-refractivity contribution is 0.273. The van der Waals surface area contributed by atoms with E-state index in [1.165, 1.54) is 5.56 Å². The molecule has 1 unspecified atom stereocenters. The Bertz CT molecular complexity index is 271. The number of rotatable bonds is 2. The Kier molecular flexibility index (Phi) is 2.71. The summed E-state index contributed by atoms with van der Waals surface area (Å²) in [4.78, 5) is 0. The van der Waals surface area contributed by atoms with Crippen LogP contribution in [0.25, 0.3) is 0 Å². The molecule has 0 aromatic heterocycles. The number of hydrogen-bond donors (Lipinski definition) is 2. The molecular weight excluding hydrogens is 150 g/mol. The third-order valence-electron chi connectivity index (χ3n) is 2.11. The predicted molar refractivity (Wildman–Crippen MR) is 51.1 cm³/mol. The second kappa shape index (κ2) is 3.59. The topological polar surface area (TPSA) is 46.2 Å². The highest BCUT2D eigenvalue weighted by Gasteiger charge is 2.06. The highest BCUT2D eigenvalue weighted by Crippen LogP contribution is 2.21. The van der Waals surface area contributed by atoms with E-state index in [9.17, 15) is 0 Å². The van der Waals surface area contributed by atoms with Crippen molar-refractivity contribution in [2.24, 2.45) is 0 Å². The van der Waals surface area contributed by atoms with Gasteiger partial charge in [-0.15, -0.1) is 0 Å². The minimum absolute atomic E-state index is 0.171. The molecule has 0 amide bonds. The van der Waals surface area contributed by atoms with E-state index >= 15 is 0 Å². The molecule has 0 bridgehead atoms. The fourth-order valence-corrected chi connectivity index (χ4v) is 1.29. The molecule has 3 N–H and O–H groups in total. The van der Waals surface area contributed by atoms with Crippen LogP contribution in [-0.4, -0.2) is 11.7 Å². The molecule has 0 radical (unpaired) electrons. The van der Waals surface area contributed by atoms with Crippen molar-refractivity contribution in [1.29, 1.82) is 0 Å². The molecule has 0 saturated carbocycles. The van der Waals surface area contributed by atoms with Gasteiger partial charge in [-0.3, -0.25) is 0 Å². The first-order valence-corrected chi connectivity index (χ1v) is 4.12. The number of nitrogens with two attached hydrogens (primary N) is 1. The molecule has 12 heavy (non-hydrogen) atoms. The summed E-state index contributed by atoms with van der Waals surface area (Å²) in [6.45, 7) is 4.19. The Labute approximate surface area is 73.0 Å². The van der Waals surface area contributed by atoms with Gasteiger partial charge < -0.3 is 10.8 Å². The third kappa shape index (κ3) is 1.77. The van der Waals surface area contributed by atoms with E-state index < -0.39 is 0 Å². The van der Waals surface area contributed by atoms with E-state index in [-0.39, 0.29) is 12.5 Å². The van der Waals surface area contributed by atoms with Crippen LogP contribution in [0.1, 0.15) is 24.0 Å². The lowest BCUT2D eigenvalue weighted by Gasteiger charge is -2.12. The van der Waals surface area contributed by atoms with Crippen molar-refractivity contribution < 1.29 is 5.11 Å². The van der Waals surface area contributed by atoms with Crippen molar-refractivity contribution >= 4 is 5.69 Å². The Morgan fingerprint density at radius 3 is 2.75 bits per heavy atom. The Hall–Kier alpha value is -1.02. The van der Waals surface area contributed by atoms with Gasteiger partial charge in [0.2, 0.25) is 0 Å². The van der Waals surface area contributed by atoms with E-state index in [1.54, 1.807) is 0 Å². The zero-order valence-corrected chi connectivity index (χ0v) is 7.54. The lowest BCUT2D eigenvalue weighted by atomic mass is 9.97. The summed E-state index contributed by atoms with van der Waals surface area (Å²) in [7, 11) is 0. The molecule has 0 fully saturated rings. The van der Waals surface area contributed by atoms with Crippen LogP contribution in [-0.2, 0) is 0 Å². The minimum Gasteiger partial charge on any atom is -0.399 e. The van der Waals surface area contributed by atoms with Gasteiger partial charge in [0.25, 0.3) is 0 Å². The van der Waals surface area contributed by atoms with Crippen LogP contribution < -0.4 is 5.73 Å². The zero-order valence-electron chi connectivity index (χ0n) is 7.54. The molecule has 0 heterocycles. The Morgan fingerprint density at radius 2 is 2.17 bits per heavy atom. The SMILES string of the molecule is Cc1ccc(N)cc1C(C)CO. The summed E-state index contributed by atoms with van der Waals surface area (Å²) < 4.78 is 0. The molecule has 1 aromatic rings. The summed E-state index contributed by atoms with van der Waals surface area (Å²) in [5, 5.41) is 8.96. The molecule has 0 spiro atoms. The number of aliphatic hydroxyl groups is 1. The normalized spacial score (nSPS) is 12.9. The van der Waals surface area contributed by atoms with Crippen molar-refractivity contribution in [3.63, 3.8) is 0 Å². The summed E-state index contributed by atoms with van der Waals surface area (Å²) in [6.07, 6.45) is 0. The molecule has 1 atom stereocenters. The van der Waals surface area contributed by atoms with Crippen molar-refractivity contribution in [2.45, 2.75) is 19.8 Å². The molecular formula is C10H15NO. The minimum atomic E-state index is 0.171. The van der Waals surface area contributed by atoms with Gasteiger partial charge in [-0.1, -0.05) is 13.0 Å². The number of aliphatic hydroxyl groups excluding tert-OH is 1. The van der Waals surface area contributed by atoms with Crippen LogP contribution in [0.2, 0.25) is 0 Å². The summed E-state index contributed by atoms with van der Waals surface area (Å²) >= 11 is 0. The number of aryl methyl sites for hydroxylation is 1. The van der Waals surface area contributed by atoms with E-state index in [2.05, 4.69) is 0 Å². The van der Waals surface area contributed by atoms with Crippen LogP contribution in [0.15, 0.2) is 18.2 Å². The van der Waals surface area contributed by atoms with E-state index in [1.807, 2.05) is 32.0 Å². The Balaban J connectivity index is 3.04. The van der Waals surface area contributed by atoms with Crippen molar-refractivity contribution in [3.05, 3.63) is 29.3 Å². The number of anilines is 1. The van der Waals surface area contributed by atoms with E-state index in [4.69, 9.17) is 10.8 Å². The van der Waals surface area contributed by atoms with Gasteiger partial charge in [0, 0.05) is 18.2 Å². The van der Waals surface area contributed by atoms with Crippen LogP contribution in [0, 0.1) is 6.92 Å². The molecule has 2 nitrogen and oxygen atoms in total. The highest BCUT2D eigenvalue weighted by atomic mass is 16.3. The number of benzene rings is 1. The highest BCUT2D eigenvalue weighted by molar-refractivity contribution is 5.45. The van der Waals surface area contributed by atoms with Gasteiger partial charge in [-0.05, 0) is 30.2 Å². The van der Waals surface area contributed by atoms with Gasteiger partial charge in [0.15, 0.2) is 0 Å². The molecule has 0 aliphatic carbocycles. The van der Waals surface area contributed by atoms with Crippen molar-refractivity contribution in [1.82, 2.24) is 0 Å². The van der Waals surface area contributed by atoms with Crippen molar-refractivity contribution in [3.8, 4) is 0 Å². The second-order valence-corrected chi connectivity index (χ2v) is 3.20. The van der Waals surface area contributed by atoms with Gasteiger partial charge in [0.05, 0.1) is 0 Å². The smallest absolute Gasteiger partial charge is 0.0497 e. The van der Waals surface area contributed by atoms with E-state index in [0.29, 0.717) is 0 Å². The van der Waals surface area contributed by atoms with E-state index in [0.717, 1.165) is 11.3 Å². The summed E-state index contributed by atoms with van der Waals surface area (Å²) in [5.74, 6) is 0.175. The molecule has 1 rings (SSSR count). The quantitative estimate of drug-likeness (QED) is 0.655. The van der Waals surface area contributed by atoms with Gasteiger partial charge >= 0.3 is 0 Å². The first-order chi connectivity index (χ1) is 5.65. The van der Waals surface area contributed by atoms with Crippen LogP contribution in [0.5, 0.6) is 0 Å². The maximum atomic E-state index is 8.96. The molecule has 2 heteroatoms. The molecule has 0 aliphatic rings. The maximum Gasteiger partial charge on any atom is 0.0497 e. The van der Waals surface area contributed by atoms with Gasteiger partial charge in [-0.2, -0.15) is 0 Å². The monoisotopic (exact) mass is 165 g/mol. The fourth-order valence-electron chi connectivity index (χ4n) is 1.29. The molecule has 0 aliphatic heterocycles. The standard InChI is InChI=1S/C10H15NO/c1-7-3-4-9(11)5-10(7)8(2)6-12/h3-5,8,12H,6,11H2,1-2H3.